The van der Waals surface area contributed by atoms with Crippen LogP contribution in [0.25, 0.3) is 0 Å². The normalized spacial score (nSPS) is 30.5. The Hall–Kier alpha value is -0.120. The quantitative estimate of drug-likeness (QED) is 0.826. The minimum atomic E-state index is -0.0716. The number of aliphatic hydroxyl groups is 1. The number of nitrogens with zero attached hydrogens (tertiary/aromatic N) is 1. The minimum Gasteiger partial charge on any atom is -0.395 e. The highest BCUT2D eigenvalue weighted by molar-refractivity contribution is 7.15. The molecule has 1 unspecified atom stereocenters. The molecule has 0 radical (unpaired) electrons. The molecule has 4 heteroatoms. The van der Waals surface area contributed by atoms with Crippen molar-refractivity contribution in [1.82, 2.24) is 4.98 Å². The third kappa shape index (κ3) is 1.22. The van der Waals surface area contributed by atoms with Crippen molar-refractivity contribution in [2.75, 3.05) is 6.61 Å². The lowest BCUT2D eigenvalue weighted by Gasteiger charge is -2.14. The summed E-state index contributed by atoms with van der Waals surface area (Å²) in [5.74, 6) is 0. The van der Waals surface area contributed by atoms with E-state index in [9.17, 15) is 5.11 Å². The molecule has 2 nitrogen and oxygen atoms in total. The molecule has 72 valence electrons. The Kier molecular flexibility index (Phi) is 1.95. The van der Waals surface area contributed by atoms with Gasteiger partial charge in [0.2, 0.25) is 0 Å². The summed E-state index contributed by atoms with van der Waals surface area (Å²) in [5.41, 5.74) is 0.120. The van der Waals surface area contributed by atoms with Crippen LogP contribution in [0.15, 0.2) is 6.20 Å². The van der Waals surface area contributed by atoms with Crippen molar-refractivity contribution in [2.24, 2.45) is 5.41 Å². The van der Waals surface area contributed by atoms with Gasteiger partial charge in [0.1, 0.15) is 0 Å². The van der Waals surface area contributed by atoms with Crippen molar-refractivity contribution in [3.05, 3.63) is 15.5 Å². The average Bonchev–Trinajstić information content (AvgIpc) is 2.43. The van der Waals surface area contributed by atoms with Crippen LogP contribution in [0.3, 0.4) is 0 Å². The highest BCUT2D eigenvalue weighted by Crippen LogP contribution is 2.65. The maximum Gasteiger partial charge on any atom is 0.183 e. The van der Waals surface area contributed by atoms with Crippen molar-refractivity contribution in [1.29, 1.82) is 0 Å². The molecule has 13 heavy (non-hydrogen) atoms. The number of aliphatic hydroxyl groups excluding tert-OH is 1. The molecule has 0 amide bonds. The Morgan fingerprint density at radius 2 is 2.31 bits per heavy atom. The molecule has 0 bridgehead atoms. The number of hydrogen-bond donors (Lipinski definition) is 1. The largest absolute Gasteiger partial charge is 0.395 e. The third-order valence-electron chi connectivity index (χ3n) is 3.13. The summed E-state index contributed by atoms with van der Waals surface area (Å²) in [5, 5.41) is 9.39. The highest BCUT2D eigenvalue weighted by atomic mass is 35.5. The van der Waals surface area contributed by atoms with Gasteiger partial charge in [-0.1, -0.05) is 25.4 Å². The second kappa shape index (κ2) is 2.69. The van der Waals surface area contributed by atoms with Crippen molar-refractivity contribution in [3.63, 3.8) is 0 Å². The molecule has 1 fully saturated rings. The zero-order valence-corrected chi connectivity index (χ0v) is 9.24. The number of halogens is 1. The Bertz CT molecular complexity index is 336. The lowest BCUT2D eigenvalue weighted by atomic mass is 9.96. The molecule has 1 aliphatic carbocycles. The molecule has 0 aliphatic heterocycles. The first kappa shape index (κ1) is 9.44. The molecule has 0 spiro atoms. The second-order valence-corrected chi connectivity index (χ2v) is 5.89. The number of rotatable bonds is 2. The standard InChI is InChI=1S/C9H12ClNOS/c1-8(2)4-9(8,5-12)6-3-11-7(10)13-6/h3,12H,4-5H2,1-2H3. The molecule has 1 aromatic heterocycles. The van der Waals surface area contributed by atoms with E-state index in [0.29, 0.717) is 4.47 Å². The van der Waals surface area contributed by atoms with Gasteiger partial charge in [-0.05, 0) is 11.8 Å². The molecule has 2 rings (SSSR count). The van der Waals surface area contributed by atoms with Crippen LogP contribution < -0.4 is 0 Å². The summed E-state index contributed by atoms with van der Waals surface area (Å²) < 4.78 is 0.561. The van der Waals surface area contributed by atoms with Crippen LogP contribution in [-0.4, -0.2) is 16.7 Å². The fourth-order valence-corrected chi connectivity index (χ4v) is 3.25. The van der Waals surface area contributed by atoms with Gasteiger partial charge in [-0.2, -0.15) is 0 Å². The van der Waals surface area contributed by atoms with Gasteiger partial charge in [0.25, 0.3) is 0 Å². The van der Waals surface area contributed by atoms with E-state index in [1.54, 1.807) is 6.20 Å². The molecule has 1 aromatic rings. The monoisotopic (exact) mass is 217 g/mol. The van der Waals surface area contributed by atoms with E-state index in [2.05, 4.69) is 18.8 Å². The molecular weight excluding hydrogens is 206 g/mol. The number of hydrogen-bond acceptors (Lipinski definition) is 3. The topological polar surface area (TPSA) is 33.1 Å². The van der Waals surface area contributed by atoms with E-state index in [0.717, 1.165) is 11.3 Å². The highest BCUT2D eigenvalue weighted by Gasteiger charge is 2.62. The zero-order chi connectivity index (χ0) is 9.69. The SMILES string of the molecule is CC1(C)CC1(CO)c1cnc(Cl)s1. The van der Waals surface area contributed by atoms with Gasteiger partial charge >= 0.3 is 0 Å². The first-order valence-electron chi connectivity index (χ1n) is 4.24. The summed E-state index contributed by atoms with van der Waals surface area (Å²) in [6, 6.07) is 0. The van der Waals surface area contributed by atoms with E-state index in [1.807, 2.05) is 0 Å². The Morgan fingerprint density at radius 1 is 1.69 bits per heavy atom. The molecule has 1 aliphatic rings. The van der Waals surface area contributed by atoms with Crippen LogP contribution in [0.1, 0.15) is 25.1 Å². The Labute approximate surface area is 86.6 Å². The summed E-state index contributed by atoms with van der Waals surface area (Å²) in [4.78, 5) is 5.12. The van der Waals surface area contributed by atoms with Crippen LogP contribution in [0, 0.1) is 5.41 Å². The van der Waals surface area contributed by atoms with Gasteiger partial charge in [-0.25, -0.2) is 4.98 Å². The van der Waals surface area contributed by atoms with Crippen LogP contribution in [0.5, 0.6) is 0 Å². The van der Waals surface area contributed by atoms with Crippen molar-refractivity contribution < 1.29 is 5.11 Å². The smallest absolute Gasteiger partial charge is 0.183 e. The molecule has 1 atom stereocenters. The van der Waals surface area contributed by atoms with E-state index < -0.39 is 0 Å². The van der Waals surface area contributed by atoms with Gasteiger partial charge < -0.3 is 5.11 Å². The lowest BCUT2D eigenvalue weighted by Crippen LogP contribution is -2.17. The maximum atomic E-state index is 9.39. The molecular formula is C9H12ClNOS. The minimum absolute atomic E-state index is 0.0716. The van der Waals surface area contributed by atoms with E-state index >= 15 is 0 Å². The molecule has 0 saturated heterocycles. The van der Waals surface area contributed by atoms with Crippen LogP contribution >= 0.6 is 22.9 Å². The van der Waals surface area contributed by atoms with E-state index in [4.69, 9.17) is 11.6 Å². The Morgan fingerprint density at radius 3 is 2.62 bits per heavy atom. The van der Waals surface area contributed by atoms with Gasteiger partial charge in [0.15, 0.2) is 4.47 Å². The molecule has 0 aromatic carbocycles. The first-order valence-corrected chi connectivity index (χ1v) is 5.44. The average molecular weight is 218 g/mol. The maximum absolute atomic E-state index is 9.39. The number of aromatic nitrogens is 1. The predicted molar refractivity (Wildman–Crippen MR) is 54.3 cm³/mol. The van der Waals surface area contributed by atoms with Gasteiger partial charge in [0, 0.05) is 16.5 Å². The van der Waals surface area contributed by atoms with Crippen molar-refractivity contribution in [2.45, 2.75) is 25.7 Å². The lowest BCUT2D eigenvalue weighted by molar-refractivity contribution is 0.233. The van der Waals surface area contributed by atoms with Crippen LogP contribution in [0.4, 0.5) is 0 Å². The predicted octanol–water partition coefficient (Wildman–Crippen LogP) is 2.46. The summed E-state index contributed by atoms with van der Waals surface area (Å²) in [6.45, 7) is 4.52. The van der Waals surface area contributed by atoms with E-state index in [-0.39, 0.29) is 17.4 Å². The summed E-state index contributed by atoms with van der Waals surface area (Å²) >= 11 is 7.25. The van der Waals surface area contributed by atoms with Gasteiger partial charge in [-0.3, -0.25) is 0 Å². The van der Waals surface area contributed by atoms with Gasteiger partial charge in [-0.15, -0.1) is 11.3 Å². The Balaban J connectivity index is 2.35. The van der Waals surface area contributed by atoms with Crippen LogP contribution in [0.2, 0.25) is 4.47 Å². The van der Waals surface area contributed by atoms with E-state index in [1.165, 1.54) is 11.3 Å². The molecule has 1 saturated carbocycles. The van der Waals surface area contributed by atoms with Crippen LogP contribution in [-0.2, 0) is 5.41 Å². The van der Waals surface area contributed by atoms with Gasteiger partial charge in [0.05, 0.1) is 6.61 Å². The van der Waals surface area contributed by atoms with Crippen molar-refractivity contribution >= 4 is 22.9 Å². The summed E-state index contributed by atoms with van der Waals surface area (Å²) in [6.07, 6.45) is 2.81. The fraction of sp³-hybridized carbons (Fsp3) is 0.667. The second-order valence-electron chi connectivity index (χ2n) is 4.28. The fourth-order valence-electron chi connectivity index (χ4n) is 1.95. The number of thiazole rings is 1. The third-order valence-corrected chi connectivity index (χ3v) is 4.45. The first-order chi connectivity index (χ1) is 6.02. The summed E-state index contributed by atoms with van der Waals surface area (Å²) in [7, 11) is 0. The zero-order valence-electron chi connectivity index (χ0n) is 7.67. The van der Waals surface area contributed by atoms with Crippen molar-refractivity contribution in [3.8, 4) is 0 Å². The molecule has 1 N–H and O–H groups in total. The molecule has 1 heterocycles.